The van der Waals surface area contributed by atoms with Gasteiger partial charge in [-0.1, -0.05) is 23.9 Å². The molecular weight excluding hydrogens is 370 g/mol. The number of nitrogens with zero attached hydrogens (tertiary/aromatic N) is 4. The molecule has 0 radical (unpaired) electrons. The highest BCUT2D eigenvalue weighted by molar-refractivity contribution is 7.98. The number of rotatable bonds is 6. The molecule has 0 spiro atoms. The number of nitrogens with one attached hydrogen (secondary N) is 1. The van der Waals surface area contributed by atoms with Gasteiger partial charge in [0.1, 0.15) is 5.82 Å². The predicted molar refractivity (Wildman–Crippen MR) is 112 cm³/mol. The molecule has 0 atom stereocenters. The van der Waals surface area contributed by atoms with Crippen LogP contribution in [0, 0.1) is 0 Å². The Labute approximate surface area is 167 Å². The van der Waals surface area contributed by atoms with E-state index >= 15 is 0 Å². The van der Waals surface area contributed by atoms with Crippen LogP contribution in [-0.2, 0) is 13.1 Å². The number of fused-ring (bicyclic) bond motifs is 1. The lowest BCUT2D eigenvalue weighted by molar-refractivity contribution is 0.0949. The van der Waals surface area contributed by atoms with E-state index in [-0.39, 0.29) is 5.91 Å². The SMILES string of the molecule is CCn1c(CNC(=O)c2ccc(-n3ccnc3SC)cc2)nc2ccccc21. The molecule has 0 aliphatic carbocycles. The molecule has 2 aromatic heterocycles. The number of hydrogen-bond acceptors (Lipinski definition) is 4. The van der Waals surface area contributed by atoms with Gasteiger partial charge >= 0.3 is 0 Å². The van der Waals surface area contributed by atoms with E-state index < -0.39 is 0 Å². The smallest absolute Gasteiger partial charge is 0.251 e. The van der Waals surface area contributed by atoms with Crippen LogP contribution >= 0.6 is 11.8 Å². The highest BCUT2D eigenvalue weighted by atomic mass is 32.2. The predicted octanol–water partition coefficient (Wildman–Crippen LogP) is 3.89. The van der Waals surface area contributed by atoms with Gasteiger partial charge < -0.3 is 9.88 Å². The van der Waals surface area contributed by atoms with Crippen LogP contribution in [0.2, 0.25) is 0 Å². The van der Waals surface area contributed by atoms with E-state index in [9.17, 15) is 4.79 Å². The average Bonchev–Trinajstić information content (AvgIpc) is 3.36. The van der Waals surface area contributed by atoms with Crippen molar-refractivity contribution in [1.29, 1.82) is 0 Å². The Morgan fingerprint density at radius 2 is 1.93 bits per heavy atom. The summed E-state index contributed by atoms with van der Waals surface area (Å²) in [6.07, 6.45) is 5.67. The Hall–Kier alpha value is -3.06. The maximum atomic E-state index is 12.6. The first-order chi connectivity index (χ1) is 13.7. The van der Waals surface area contributed by atoms with Crippen LogP contribution in [0.1, 0.15) is 23.1 Å². The molecule has 0 aliphatic rings. The summed E-state index contributed by atoms with van der Waals surface area (Å²) in [5, 5.41) is 3.89. The third-order valence-corrected chi connectivity index (χ3v) is 5.32. The van der Waals surface area contributed by atoms with E-state index in [4.69, 9.17) is 0 Å². The minimum absolute atomic E-state index is 0.114. The first-order valence-electron chi connectivity index (χ1n) is 9.11. The average molecular weight is 392 g/mol. The number of aromatic nitrogens is 4. The molecule has 4 aromatic rings. The van der Waals surface area contributed by atoms with E-state index in [0.717, 1.165) is 34.2 Å². The minimum Gasteiger partial charge on any atom is -0.345 e. The lowest BCUT2D eigenvalue weighted by atomic mass is 10.2. The fourth-order valence-corrected chi connectivity index (χ4v) is 3.81. The zero-order chi connectivity index (χ0) is 19.5. The third kappa shape index (κ3) is 3.41. The Morgan fingerprint density at radius 1 is 1.14 bits per heavy atom. The summed E-state index contributed by atoms with van der Waals surface area (Å²) in [6.45, 7) is 3.28. The van der Waals surface area contributed by atoms with E-state index in [1.807, 2.05) is 59.5 Å². The van der Waals surface area contributed by atoms with Crippen molar-refractivity contribution in [1.82, 2.24) is 24.4 Å². The normalized spacial score (nSPS) is 11.1. The van der Waals surface area contributed by atoms with E-state index in [1.54, 1.807) is 18.0 Å². The molecule has 0 saturated carbocycles. The number of aryl methyl sites for hydroxylation is 1. The Bertz CT molecular complexity index is 1110. The highest BCUT2D eigenvalue weighted by Crippen LogP contribution is 2.19. The zero-order valence-corrected chi connectivity index (χ0v) is 16.6. The first kappa shape index (κ1) is 18.3. The van der Waals surface area contributed by atoms with Crippen molar-refractivity contribution in [2.45, 2.75) is 25.2 Å². The van der Waals surface area contributed by atoms with Gasteiger partial charge in [0.15, 0.2) is 5.16 Å². The number of hydrogen-bond donors (Lipinski definition) is 1. The van der Waals surface area contributed by atoms with Crippen molar-refractivity contribution in [3.63, 3.8) is 0 Å². The number of imidazole rings is 2. The maximum absolute atomic E-state index is 12.6. The molecule has 0 unspecified atom stereocenters. The van der Waals surface area contributed by atoms with Crippen LogP contribution in [-0.4, -0.2) is 31.3 Å². The van der Waals surface area contributed by atoms with Gasteiger partial charge in [0.05, 0.1) is 17.6 Å². The van der Waals surface area contributed by atoms with E-state index in [1.165, 1.54) is 0 Å². The topological polar surface area (TPSA) is 64.7 Å². The van der Waals surface area contributed by atoms with Crippen molar-refractivity contribution in [3.8, 4) is 5.69 Å². The van der Waals surface area contributed by atoms with Crippen molar-refractivity contribution in [2.75, 3.05) is 6.26 Å². The Morgan fingerprint density at radius 3 is 2.68 bits per heavy atom. The molecule has 1 N–H and O–H groups in total. The summed E-state index contributed by atoms with van der Waals surface area (Å²) >= 11 is 1.58. The van der Waals surface area contributed by atoms with E-state index in [2.05, 4.69) is 32.8 Å². The second-order valence-corrected chi connectivity index (χ2v) is 7.05. The molecule has 6 nitrogen and oxygen atoms in total. The van der Waals surface area contributed by atoms with Gasteiger partial charge in [-0.05, 0) is 49.6 Å². The summed E-state index contributed by atoms with van der Waals surface area (Å²) in [7, 11) is 0. The summed E-state index contributed by atoms with van der Waals surface area (Å²) in [6, 6.07) is 15.5. The van der Waals surface area contributed by atoms with Crippen molar-refractivity contribution in [3.05, 3.63) is 72.3 Å². The molecule has 0 bridgehead atoms. The molecule has 2 heterocycles. The fraction of sp³-hybridized carbons (Fsp3) is 0.190. The third-order valence-electron chi connectivity index (χ3n) is 4.65. The summed E-state index contributed by atoms with van der Waals surface area (Å²) in [4.78, 5) is 21.5. The molecule has 7 heteroatoms. The van der Waals surface area contributed by atoms with Crippen molar-refractivity contribution >= 4 is 28.7 Å². The standard InChI is InChI=1S/C21H21N5OS/c1-3-25-18-7-5-4-6-17(18)24-19(25)14-23-20(27)15-8-10-16(11-9-15)26-13-12-22-21(26)28-2/h4-13H,3,14H2,1-2H3,(H,23,27). The molecule has 2 aromatic carbocycles. The van der Waals surface area contributed by atoms with Gasteiger partial charge in [-0.25, -0.2) is 9.97 Å². The number of para-hydroxylation sites is 2. The zero-order valence-electron chi connectivity index (χ0n) is 15.8. The second kappa shape index (κ2) is 7.90. The van der Waals surface area contributed by atoms with Crippen LogP contribution in [0.3, 0.4) is 0 Å². The highest BCUT2D eigenvalue weighted by Gasteiger charge is 2.12. The molecule has 0 aliphatic heterocycles. The van der Waals surface area contributed by atoms with Gasteiger partial charge in [0.2, 0.25) is 0 Å². The van der Waals surface area contributed by atoms with E-state index in [0.29, 0.717) is 12.1 Å². The number of thioether (sulfide) groups is 1. The number of amides is 1. The van der Waals surface area contributed by atoms with Crippen molar-refractivity contribution in [2.24, 2.45) is 0 Å². The Kier molecular flexibility index (Phi) is 5.16. The first-order valence-corrected chi connectivity index (χ1v) is 10.3. The van der Waals surface area contributed by atoms with Crippen LogP contribution in [0.4, 0.5) is 0 Å². The van der Waals surface area contributed by atoms with Gasteiger partial charge in [-0.15, -0.1) is 0 Å². The summed E-state index contributed by atoms with van der Waals surface area (Å²) in [5.74, 6) is 0.744. The summed E-state index contributed by atoms with van der Waals surface area (Å²) < 4.78 is 4.12. The van der Waals surface area contributed by atoms with Crippen LogP contribution in [0.15, 0.2) is 66.1 Å². The van der Waals surface area contributed by atoms with Crippen LogP contribution < -0.4 is 5.32 Å². The largest absolute Gasteiger partial charge is 0.345 e. The lowest BCUT2D eigenvalue weighted by Gasteiger charge is -2.09. The van der Waals surface area contributed by atoms with Gasteiger partial charge in [-0.2, -0.15) is 0 Å². The van der Waals surface area contributed by atoms with Crippen LogP contribution in [0.5, 0.6) is 0 Å². The van der Waals surface area contributed by atoms with Gasteiger partial charge in [0, 0.05) is 30.2 Å². The molecule has 0 fully saturated rings. The second-order valence-electron chi connectivity index (χ2n) is 6.27. The van der Waals surface area contributed by atoms with Crippen molar-refractivity contribution < 1.29 is 4.79 Å². The Balaban J connectivity index is 1.49. The van der Waals surface area contributed by atoms with Gasteiger partial charge in [-0.3, -0.25) is 9.36 Å². The maximum Gasteiger partial charge on any atom is 0.251 e. The monoisotopic (exact) mass is 391 g/mol. The van der Waals surface area contributed by atoms with Crippen LogP contribution in [0.25, 0.3) is 16.7 Å². The lowest BCUT2D eigenvalue weighted by Crippen LogP contribution is -2.24. The molecule has 0 saturated heterocycles. The quantitative estimate of drug-likeness (QED) is 0.507. The number of benzene rings is 2. The van der Waals surface area contributed by atoms with Gasteiger partial charge in [0.25, 0.3) is 5.91 Å². The number of carbonyl (C=O) groups is 1. The molecule has 4 rings (SSSR count). The molecule has 1 amide bonds. The minimum atomic E-state index is -0.114. The molecule has 142 valence electrons. The molecular formula is C21H21N5OS. The summed E-state index contributed by atoms with van der Waals surface area (Å²) in [5.41, 5.74) is 3.63. The fourth-order valence-electron chi connectivity index (χ4n) is 3.29. The molecule has 28 heavy (non-hydrogen) atoms. The number of carbonyl (C=O) groups excluding carboxylic acids is 1.